The number of carbonyl (C=O) groups is 1. The quantitative estimate of drug-likeness (QED) is 0.166. The van der Waals surface area contributed by atoms with Crippen LogP contribution in [-0.4, -0.2) is 17.2 Å². The maximum absolute atomic E-state index is 10.5. The van der Waals surface area contributed by atoms with Gasteiger partial charge in [0.1, 0.15) is 5.75 Å². The summed E-state index contributed by atoms with van der Waals surface area (Å²) in [6.45, 7) is 6.09. The molecule has 1 rings (SSSR count). The molecule has 1 unspecified atom stereocenters. The van der Waals surface area contributed by atoms with Crippen molar-refractivity contribution in [2.75, 3.05) is 0 Å². The molecular weight excluding hydrogens is 408 g/mol. The van der Waals surface area contributed by atoms with Gasteiger partial charge in [-0.1, -0.05) is 115 Å². The third-order valence-corrected chi connectivity index (χ3v) is 6.46. The van der Waals surface area contributed by atoms with Gasteiger partial charge in [-0.25, -0.2) is 0 Å². The first-order valence-corrected chi connectivity index (χ1v) is 13.8. The second-order valence-corrected chi connectivity index (χ2v) is 9.54. The normalized spacial score (nSPS) is 11.9. The molecule has 3 heteroatoms. The minimum Gasteiger partial charge on any atom is -0.490 e. The van der Waals surface area contributed by atoms with Gasteiger partial charge in [0.25, 0.3) is 0 Å². The highest BCUT2D eigenvalue weighted by molar-refractivity contribution is 5.66. The zero-order chi connectivity index (χ0) is 24.0. The molecule has 0 aliphatic carbocycles. The number of carboxylic acid groups (broad SMARTS) is 1. The van der Waals surface area contributed by atoms with E-state index in [-0.39, 0.29) is 0 Å². The summed E-state index contributed by atoms with van der Waals surface area (Å²) in [6, 6.07) is 8.31. The number of rotatable bonds is 23. The number of hydrogen-bond donors (Lipinski definition) is 1. The number of carboxylic acids is 1. The Kier molecular flexibility index (Phi) is 18.5. The van der Waals surface area contributed by atoms with Gasteiger partial charge in [-0.2, -0.15) is 0 Å². The summed E-state index contributed by atoms with van der Waals surface area (Å²) in [4.78, 5) is 10.5. The summed E-state index contributed by atoms with van der Waals surface area (Å²) in [6.07, 6.45) is 25.0. The summed E-state index contributed by atoms with van der Waals surface area (Å²) in [7, 11) is 0. The van der Waals surface area contributed by atoms with Crippen LogP contribution in [0.2, 0.25) is 0 Å². The third kappa shape index (κ3) is 17.4. The summed E-state index contributed by atoms with van der Waals surface area (Å²) in [5.74, 6) is 0.326. The predicted molar refractivity (Wildman–Crippen MR) is 142 cm³/mol. The first-order chi connectivity index (χ1) is 16.2. The summed E-state index contributed by atoms with van der Waals surface area (Å²) < 4.78 is 6.35. The Morgan fingerprint density at radius 3 is 1.70 bits per heavy atom. The van der Waals surface area contributed by atoms with Gasteiger partial charge in [-0.3, -0.25) is 4.79 Å². The van der Waals surface area contributed by atoms with Crippen molar-refractivity contribution in [2.24, 2.45) is 0 Å². The first kappa shape index (κ1) is 29.3. The third-order valence-electron chi connectivity index (χ3n) is 6.46. The monoisotopic (exact) mass is 458 g/mol. The van der Waals surface area contributed by atoms with E-state index in [1.807, 2.05) is 6.08 Å². The van der Waals surface area contributed by atoms with E-state index in [0.717, 1.165) is 30.6 Å². The van der Waals surface area contributed by atoms with Gasteiger partial charge >= 0.3 is 5.97 Å². The van der Waals surface area contributed by atoms with Crippen LogP contribution in [0.3, 0.4) is 0 Å². The first-order valence-electron chi connectivity index (χ1n) is 13.8. The van der Waals surface area contributed by atoms with Crippen molar-refractivity contribution in [3.8, 4) is 5.75 Å². The molecule has 0 spiro atoms. The lowest BCUT2D eigenvalue weighted by Gasteiger charge is -2.19. The standard InChI is InChI=1S/C30H50O3/c1-3-5-6-17-20-28(33-29-25-23-27(4-2)24-26-29)21-18-15-13-11-9-7-8-10-12-14-16-19-22-30(31)32/h4,23-26,28H,2-3,5-22H2,1H3,(H,31,32). The zero-order valence-corrected chi connectivity index (χ0v) is 21.4. The van der Waals surface area contributed by atoms with Crippen LogP contribution in [-0.2, 0) is 4.79 Å². The van der Waals surface area contributed by atoms with Crippen LogP contribution in [0, 0.1) is 0 Å². The molecule has 0 amide bonds. The van der Waals surface area contributed by atoms with Crippen LogP contribution in [0.4, 0.5) is 0 Å². The van der Waals surface area contributed by atoms with E-state index < -0.39 is 5.97 Å². The van der Waals surface area contributed by atoms with Gasteiger partial charge in [0.2, 0.25) is 0 Å². The van der Waals surface area contributed by atoms with Gasteiger partial charge in [0, 0.05) is 6.42 Å². The highest BCUT2D eigenvalue weighted by atomic mass is 16.5. The van der Waals surface area contributed by atoms with Crippen molar-refractivity contribution in [1.29, 1.82) is 0 Å². The van der Waals surface area contributed by atoms with Crippen LogP contribution in [0.1, 0.15) is 134 Å². The molecule has 0 heterocycles. The van der Waals surface area contributed by atoms with Crippen LogP contribution in [0.25, 0.3) is 6.08 Å². The highest BCUT2D eigenvalue weighted by Crippen LogP contribution is 2.21. The maximum atomic E-state index is 10.5. The number of benzene rings is 1. The lowest BCUT2D eigenvalue weighted by molar-refractivity contribution is -0.137. The highest BCUT2D eigenvalue weighted by Gasteiger charge is 2.10. The minimum atomic E-state index is -0.663. The molecule has 0 fully saturated rings. The molecule has 1 atom stereocenters. The average Bonchev–Trinajstić information content (AvgIpc) is 2.82. The fourth-order valence-corrected chi connectivity index (χ4v) is 4.35. The van der Waals surface area contributed by atoms with E-state index in [4.69, 9.17) is 9.84 Å². The van der Waals surface area contributed by atoms with Crippen LogP contribution in [0.5, 0.6) is 5.75 Å². The van der Waals surface area contributed by atoms with Crippen molar-refractivity contribution in [1.82, 2.24) is 0 Å². The fraction of sp³-hybridized carbons (Fsp3) is 0.700. The van der Waals surface area contributed by atoms with Crippen LogP contribution in [0.15, 0.2) is 30.8 Å². The van der Waals surface area contributed by atoms with Gasteiger partial charge in [-0.05, 0) is 49.8 Å². The van der Waals surface area contributed by atoms with Gasteiger partial charge < -0.3 is 9.84 Å². The SMILES string of the molecule is C=Cc1ccc(OC(CCCCCC)CCCCCCCCCCCCCCC(=O)O)cc1. The van der Waals surface area contributed by atoms with Gasteiger partial charge in [-0.15, -0.1) is 0 Å². The molecule has 1 N–H and O–H groups in total. The lowest BCUT2D eigenvalue weighted by Crippen LogP contribution is -2.16. The van der Waals surface area contributed by atoms with E-state index >= 15 is 0 Å². The van der Waals surface area contributed by atoms with E-state index in [9.17, 15) is 4.79 Å². The Balaban J connectivity index is 2.09. The number of unbranched alkanes of at least 4 members (excludes halogenated alkanes) is 14. The largest absolute Gasteiger partial charge is 0.490 e. The Bertz CT molecular complexity index is 593. The second kappa shape index (κ2) is 20.8. The molecule has 188 valence electrons. The predicted octanol–water partition coefficient (Wildman–Crippen LogP) is 9.59. The topological polar surface area (TPSA) is 46.5 Å². The van der Waals surface area contributed by atoms with Crippen molar-refractivity contribution < 1.29 is 14.6 Å². The van der Waals surface area contributed by atoms with E-state index in [2.05, 4.69) is 37.8 Å². The molecule has 0 aliphatic rings. The van der Waals surface area contributed by atoms with Gasteiger partial charge in [0.05, 0.1) is 6.10 Å². The van der Waals surface area contributed by atoms with Crippen LogP contribution < -0.4 is 4.74 Å². The van der Waals surface area contributed by atoms with E-state index in [0.29, 0.717) is 12.5 Å². The van der Waals surface area contributed by atoms with Crippen molar-refractivity contribution in [3.05, 3.63) is 36.4 Å². The Morgan fingerprint density at radius 2 is 1.24 bits per heavy atom. The summed E-state index contributed by atoms with van der Waals surface area (Å²) in [5.41, 5.74) is 1.14. The van der Waals surface area contributed by atoms with E-state index in [1.165, 1.54) is 96.3 Å². The molecule has 0 saturated heterocycles. The maximum Gasteiger partial charge on any atom is 0.303 e. The zero-order valence-electron chi connectivity index (χ0n) is 21.4. The molecule has 0 bridgehead atoms. The average molecular weight is 459 g/mol. The molecule has 3 nitrogen and oxygen atoms in total. The van der Waals surface area contributed by atoms with Crippen LogP contribution >= 0.6 is 0 Å². The van der Waals surface area contributed by atoms with Gasteiger partial charge in [0.15, 0.2) is 0 Å². The fourth-order valence-electron chi connectivity index (χ4n) is 4.35. The smallest absolute Gasteiger partial charge is 0.303 e. The van der Waals surface area contributed by atoms with Crippen molar-refractivity contribution in [3.63, 3.8) is 0 Å². The molecule has 1 aromatic carbocycles. The Hall–Kier alpha value is -1.77. The minimum absolute atomic E-state index is 0.328. The molecule has 1 aromatic rings. The molecule has 0 aromatic heterocycles. The molecule has 33 heavy (non-hydrogen) atoms. The lowest BCUT2D eigenvalue weighted by atomic mass is 10.0. The number of hydrogen-bond acceptors (Lipinski definition) is 2. The van der Waals surface area contributed by atoms with Crippen molar-refractivity contribution >= 4 is 12.0 Å². The number of ether oxygens (including phenoxy) is 1. The molecular formula is C30H50O3. The van der Waals surface area contributed by atoms with E-state index in [1.54, 1.807) is 0 Å². The molecule has 0 aliphatic heterocycles. The molecule has 0 radical (unpaired) electrons. The van der Waals surface area contributed by atoms with Crippen molar-refractivity contribution in [2.45, 2.75) is 135 Å². The second-order valence-electron chi connectivity index (χ2n) is 9.54. The summed E-state index contributed by atoms with van der Waals surface area (Å²) in [5, 5.41) is 8.64. The summed E-state index contributed by atoms with van der Waals surface area (Å²) >= 11 is 0. The Morgan fingerprint density at radius 1 is 0.788 bits per heavy atom. The number of aliphatic carboxylic acids is 1. The molecule has 0 saturated carbocycles. The Labute approximate surface area is 204 Å².